The van der Waals surface area contributed by atoms with Crippen LogP contribution in [0.4, 0.5) is 0 Å². The Balaban J connectivity index is 2.15. The lowest BCUT2D eigenvalue weighted by molar-refractivity contribution is 0.0939. The number of rotatable bonds is 3. The number of nitrogens with zero attached hydrogens (tertiary/aromatic N) is 1. The first kappa shape index (κ1) is 12.9. The summed E-state index contributed by atoms with van der Waals surface area (Å²) in [6.45, 7) is 1.84. The minimum atomic E-state index is -0.335. The average molecular weight is 283 g/mol. The highest BCUT2D eigenvalue weighted by Gasteiger charge is 2.16. The number of carbonyl (C=O) groups is 1. The van der Waals surface area contributed by atoms with Gasteiger partial charge in [-0.25, -0.2) is 4.98 Å². The Kier molecular flexibility index (Phi) is 3.84. The number of phenolic OH excluding ortho intramolecular Hbond substituents is 1. The molecule has 1 aromatic carbocycles. The number of hydrogen-bond donors (Lipinski definition) is 2. The topological polar surface area (TPSA) is 62.2 Å². The van der Waals surface area contributed by atoms with E-state index in [1.54, 1.807) is 6.20 Å². The molecule has 1 atom stereocenters. The Morgan fingerprint density at radius 1 is 1.56 bits per heavy atom. The zero-order valence-corrected chi connectivity index (χ0v) is 11.1. The molecule has 2 N–H and O–H groups in total. The first-order chi connectivity index (χ1) is 8.58. The van der Waals surface area contributed by atoms with E-state index in [-0.39, 0.29) is 23.3 Å². The molecular formula is C12H11ClN2O2S. The number of benzene rings is 1. The Morgan fingerprint density at radius 3 is 3.00 bits per heavy atom. The van der Waals surface area contributed by atoms with Crippen LogP contribution in [-0.2, 0) is 0 Å². The smallest absolute Gasteiger partial charge is 0.253 e. The van der Waals surface area contributed by atoms with Gasteiger partial charge >= 0.3 is 0 Å². The van der Waals surface area contributed by atoms with Gasteiger partial charge < -0.3 is 10.4 Å². The van der Waals surface area contributed by atoms with E-state index in [1.807, 2.05) is 12.3 Å². The van der Waals surface area contributed by atoms with E-state index in [4.69, 9.17) is 11.6 Å². The van der Waals surface area contributed by atoms with Crippen LogP contribution in [0.3, 0.4) is 0 Å². The third-order valence-corrected chi connectivity index (χ3v) is 3.65. The summed E-state index contributed by atoms with van der Waals surface area (Å²) < 4.78 is 0. The van der Waals surface area contributed by atoms with Crippen molar-refractivity contribution in [2.45, 2.75) is 13.0 Å². The predicted octanol–water partition coefficient (Wildman–Crippen LogP) is 2.99. The van der Waals surface area contributed by atoms with Crippen molar-refractivity contribution in [1.29, 1.82) is 0 Å². The largest absolute Gasteiger partial charge is 0.508 e. The Labute approximate surface area is 113 Å². The molecule has 4 nitrogen and oxygen atoms in total. The molecule has 18 heavy (non-hydrogen) atoms. The van der Waals surface area contributed by atoms with Crippen LogP contribution < -0.4 is 5.32 Å². The molecule has 2 rings (SSSR count). The fourth-order valence-corrected chi connectivity index (χ4v) is 2.32. The van der Waals surface area contributed by atoms with E-state index >= 15 is 0 Å². The summed E-state index contributed by atoms with van der Waals surface area (Å²) in [5.74, 6) is -0.329. The molecule has 0 bridgehead atoms. The first-order valence-electron chi connectivity index (χ1n) is 5.26. The van der Waals surface area contributed by atoms with Crippen LogP contribution in [0.5, 0.6) is 5.75 Å². The van der Waals surface area contributed by atoms with Crippen LogP contribution in [0.25, 0.3) is 0 Å². The number of hydrogen-bond acceptors (Lipinski definition) is 4. The zero-order chi connectivity index (χ0) is 13.1. The van der Waals surface area contributed by atoms with Gasteiger partial charge in [-0.3, -0.25) is 4.79 Å². The number of aromatic nitrogens is 1. The standard InChI is InChI=1S/C12H11ClN2O2S/c1-7(12-14-4-5-18-12)15-11(17)9-6-8(16)2-3-10(9)13/h2-7,16H,1H3,(H,15,17). The number of thiazole rings is 1. The molecule has 0 aliphatic heterocycles. The van der Waals surface area contributed by atoms with Crippen molar-refractivity contribution < 1.29 is 9.90 Å². The number of amides is 1. The lowest BCUT2D eigenvalue weighted by Gasteiger charge is -2.12. The van der Waals surface area contributed by atoms with Crippen LogP contribution in [0.15, 0.2) is 29.8 Å². The number of phenols is 1. The van der Waals surface area contributed by atoms with Crippen LogP contribution in [0, 0.1) is 0 Å². The van der Waals surface area contributed by atoms with Gasteiger partial charge in [-0.15, -0.1) is 11.3 Å². The lowest BCUT2D eigenvalue weighted by Crippen LogP contribution is -2.26. The normalized spacial score (nSPS) is 12.1. The molecule has 1 amide bonds. The maximum Gasteiger partial charge on any atom is 0.253 e. The second-order valence-electron chi connectivity index (χ2n) is 3.73. The lowest BCUT2D eigenvalue weighted by atomic mass is 10.2. The molecule has 0 aliphatic rings. The number of carbonyl (C=O) groups excluding carboxylic acids is 1. The molecule has 0 saturated carbocycles. The van der Waals surface area contributed by atoms with Crippen molar-refractivity contribution in [3.8, 4) is 5.75 Å². The van der Waals surface area contributed by atoms with Gasteiger partial charge in [0.05, 0.1) is 16.6 Å². The van der Waals surface area contributed by atoms with Gasteiger partial charge in [0.25, 0.3) is 5.91 Å². The summed E-state index contributed by atoms with van der Waals surface area (Å²) in [6.07, 6.45) is 1.68. The molecule has 1 heterocycles. The third-order valence-electron chi connectivity index (χ3n) is 2.36. The monoisotopic (exact) mass is 282 g/mol. The fourth-order valence-electron chi connectivity index (χ4n) is 1.47. The van der Waals surface area contributed by atoms with Crippen LogP contribution in [0.1, 0.15) is 28.3 Å². The number of nitrogens with one attached hydrogen (secondary N) is 1. The van der Waals surface area contributed by atoms with Gasteiger partial charge in [0.2, 0.25) is 0 Å². The maximum absolute atomic E-state index is 12.0. The summed E-state index contributed by atoms with van der Waals surface area (Å²) in [7, 11) is 0. The van der Waals surface area contributed by atoms with Gasteiger partial charge in [0.1, 0.15) is 10.8 Å². The van der Waals surface area contributed by atoms with Gasteiger partial charge in [-0.05, 0) is 25.1 Å². The Morgan fingerprint density at radius 2 is 2.33 bits per heavy atom. The fraction of sp³-hybridized carbons (Fsp3) is 0.167. The Hall–Kier alpha value is -1.59. The third kappa shape index (κ3) is 2.80. The highest BCUT2D eigenvalue weighted by molar-refractivity contribution is 7.09. The van der Waals surface area contributed by atoms with Crippen LogP contribution >= 0.6 is 22.9 Å². The van der Waals surface area contributed by atoms with Crippen molar-refractivity contribution in [2.75, 3.05) is 0 Å². The highest BCUT2D eigenvalue weighted by atomic mass is 35.5. The van der Waals surface area contributed by atoms with Crippen molar-refractivity contribution in [2.24, 2.45) is 0 Å². The molecule has 0 saturated heterocycles. The van der Waals surface area contributed by atoms with E-state index < -0.39 is 0 Å². The summed E-state index contributed by atoms with van der Waals surface area (Å²) >= 11 is 7.38. The first-order valence-corrected chi connectivity index (χ1v) is 6.52. The summed E-state index contributed by atoms with van der Waals surface area (Å²) in [5, 5.41) is 15.1. The van der Waals surface area contributed by atoms with Crippen molar-refractivity contribution in [1.82, 2.24) is 10.3 Å². The van der Waals surface area contributed by atoms with E-state index in [9.17, 15) is 9.90 Å². The SMILES string of the molecule is CC(NC(=O)c1cc(O)ccc1Cl)c1nccs1. The van der Waals surface area contributed by atoms with Crippen LogP contribution in [-0.4, -0.2) is 16.0 Å². The quantitative estimate of drug-likeness (QED) is 0.910. The minimum Gasteiger partial charge on any atom is -0.508 e. The summed E-state index contributed by atoms with van der Waals surface area (Å²) in [4.78, 5) is 16.1. The molecule has 0 fully saturated rings. The second-order valence-corrected chi connectivity index (χ2v) is 5.06. The zero-order valence-electron chi connectivity index (χ0n) is 9.55. The molecule has 1 aromatic heterocycles. The molecule has 1 unspecified atom stereocenters. The molecule has 0 radical (unpaired) electrons. The maximum atomic E-state index is 12.0. The van der Waals surface area contributed by atoms with Gasteiger partial charge in [-0.1, -0.05) is 11.6 Å². The van der Waals surface area contributed by atoms with E-state index in [1.165, 1.54) is 29.5 Å². The molecule has 0 aliphatic carbocycles. The van der Waals surface area contributed by atoms with Gasteiger partial charge in [0, 0.05) is 11.6 Å². The number of aromatic hydroxyl groups is 1. The van der Waals surface area contributed by atoms with Crippen molar-refractivity contribution in [3.63, 3.8) is 0 Å². The summed E-state index contributed by atoms with van der Waals surface area (Å²) in [5.41, 5.74) is 0.250. The molecule has 2 aromatic rings. The van der Waals surface area contributed by atoms with E-state index in [2.05, 4.69) is 10.3 Å². The summed E-state index contributed by atoms with van der Waals surface area (Å²) in [6, 6.07) is 4.06. The second kappa shape index (κ2) is 5.37. The highest BCUT2D eigenvalue weighted by Crippen LogP contribution is 2.22. The molecular weight excluding hydrogens is 272 g/mol. The predicted molar refractivity (Wildman–Crippen MR) is 71.1 cm³/mol. The molecule has 6 heteroatoms. The van der Waals surface area contributed by atoms with Gasteiger partial charge in [0.15, 0.2) is 0 Å². The van der Waals surface area contributed by atoms with Crippen molar-refractivity contribution >= 4 is 28.8 Å². The van der Waals surface area contributed by atoms with E-state index in [0.29, 0.717) is 5.02 Å². The van der Waals surface area contributed by atoms with E-state index in [0.717, 1.165) is 5.01 Å². The minimum absolute atomic E-state index is 0.00597. The average Bonchev–Trinajstić information content (AvgIpc) is 2.85. The molecule has 94 valence electrons. The van der Waals surface area contributed by atoms with Crippen LogP contribution in [0.2, 0.25) is 5.02 Å². The molecule has 0 spiro atoms. The van der Waals surface area contributed by atoms with Gasteiger partial charge in [-0.2, -0.15) is 0 Å². The van der Waals surface area contributed by atoms with Crippen molar-refractivity contribution in [3.05, 3.63) is 45.4 Å². The number of halogens is 1. The Bertz CT molecular complexity index is 557.